The Morgan fingerprint density at radius 1 is 0.269 bits per heavy atom. The van der Waals surface area contributed by atoms with Gasteiger partial charge >= 0.3 is 39.5 Å². The average molecular weight is 1580 g/mol. The summed E-state index contributed by atoms with van der Waals surface area (Å²) < 4.78 is 69.0. The van der Waals surface area contributed by atoms with Crippen molar-refractivity contribution >= 4 is 39.5 Å². The topological polar surface area (TPSA) is 237 Å². The smallest absolute Gasteiger partial charge is 0.462 e. The van der Waals surface area contributed by atoms with E-state index >= 15 is 0 Å². The maximum atomic E-state index is 13.2. The predicted molar refractivity (Wildman–Crippen MR) is 446 cm³/mol. The normalized spacial score (nSPS) is 14.0. The van der Waals surface area contributed by atoms with Gasteiger partial charge in [-0.25, -0.2) is 9.13 Å². The number of unbranched alkanes of at least 4 members (excludes halogenated alkanes) is 57. The van der Waals surface area contributed by atoms with Crippen LogP contribution in [0.2, 0.25) is 0 Å². The largest absolute Gasteiger partial charge is 0.472 e. The molecule has 17 nitrogen and oxygen atoms in total. The van der Waals surface area contributed by atoms with Gasteiger partial charge in [-0.2, -0.15) is 0 Å². The molecule has 0 aliphatic heterocycles. The molecule has 0 bridgehead atoms. The number of hydrogen-bond donors (Lipinski definition) is 3. The molecule has 0 saturated heterocycles. The van der Waals surface area contributed by atoms with E-state index in [4.69, 9.17) is 37.0 Å². The molecular formula is C89H174O17P2. The number of carbonyl (C=O) groups is 4. The summed E-state index contributed by atoms with van der Waals surface area (Å²) in [7, 11) is -9.93. The molecule has 0 fully saturated rings. The van der Waals surface area contributed by atoms with E-state index in [1.165, 1.54) is 295 Å². The summed E-state index contributed by atoms with van der Waals surface area (Å²) in [6.45, 7) is 9.73. The van der Waals surface area contributed by atoms with Crippen molar-refractivity contribution in [1.82, 2.24) is 0 Å². The molecule has 0 heterocycles. The lowest BCUT2D eigenvalue weighted by Crippen LogP contribution is -2.30. The quantitative estimate of drug-likeness (QED) is 0.0222. The van der Waals surface area contributed by atoms with E-state index in [-0.39, 0.29) is 25.7 Å². The molecule has 0 rings (SSSR count). The van der Waals surface area contributed by atoms with Gasteiger partial charge in [-0.05, 0) is 37.5 Å². The Morgan fingerprint density at radius 3 is 0.704 bits per heavy atom. The number of aliphatic hydroxyl groups excluding tert-OH is 1. The second-order valence-corrected chi connectivity index (χ2v) is 35.6. The highest BCUT2D eigenvalue weighted by atomic mass is 31.2. The first-order valence-electron chi connectivity index (χ1n) is 46.0. The van der Waals surface area contributed by atoms with Crippen LogP contribution < -0.4 is 0 Å². The van der Waals surface area contributed by atoms with Crippen LogP contribution in [0.3, 0.4) is 0 Å². The molecule has 0 aromatic carbocycles. The maximum absolute atomic E-state index is 13.2. The minimum Gasteiger partial charge on any atom is -0.462 e. The van der Waals surface area contributed by atoms with Crippen molar-refractivity contribution in [2.75, 3.05) is 39.6 Å². The van der Waals surface area contributed by atoms with Crippen LogP contribution in [0, 0.1) is 11.8 Å². The van der Waals surface area contributed by atoms with Gasteiger partial charge < -0.3 is 33.8 Å². The summed E-state index contributed by atoms with van der Waals surface area (Å²) >= 11 is 0. The fourth-order valence-corrected chi connectivity index (χ4v) is 15.5. The highest BCUT2D eigenvalue weighted by Gasteiger charge is 2.31. The van der Waals surface area contributed by atoms with Gasteiger partial charge in [0, 0.05) is 25.7 Å². The number of esters is 4. The number of hydrogen-bond acceptors (Lipinski definition) is 15. The zero-order valence-corrected chi connectivity index (χ0v) is 73.0. The molecule has 0 saturated carbocycles. The molecule has 3 N–H and O–H groups in total. The predicted octanol–water partition coefficient (Wildman–Crippen LogP) is 27.4. The monoisotopic (exact) mass is 1580 g/mol. The number of ether oxygens (including phenoxy) is 4. The Kier molecular flexibility index (Phi) is 78.8. The Balaban J connectivity index is 5.25. The molecule has 0 aliphatic carbocycles. The molecule has 0 aromatic rings. The Bertz CT molecular complexity index is 2070. The second kappa shape index (κ2) is 80.3. The summed E-state index contributed by atoms with van der Waals surface area (Å²) in [6, 6.07) is 0. The van der Waals surface area contributed by atoms with Crippen molar-refractivity contribution in [3.63, 3.8) is 0 Å². The fourth-order valence-electron chi connectivity index (χ4n) is 13.9. The van der Waals surface area contributed by atoms with E-state index < -0.39 is 97.5 Å². The first-order valence-corrected chi connectivity index (χ1v) is 49.0. The highest BCUT2D eigenvalue weighted by molar-refractivity contribution is 7.47. The van der Waals surface area contributed by atoms with E-state index in [9.17, 15) is 43.2 Å². The van der Waals surface area contributed by atoms with Crippen molar-refractivity contribution in [2.24, 2.45) is 11.8 Å². The third-order valence-corrected chi connectivity index (χ3v) is 23.2. The zero-order valence-electron chi connectivity index (χ0n) is 71.2. The van der Waals surface area contributed by atoms with Crippen molar-refractivity contribution < 1.29 is 80.2 Å². The first kappa shape index (κ1) is 106. The van der Waals surface area contributed by atoms with Crippen LogP contribution in [0.15, 0.2) is 0 Å². The van der Waals surface area contributed by atoms with Crippen LogP contribution in [-0.2, 0) is 65.4 Å². The Morgan fingerprint density at radius 2 is 0.472 bits per heavy atom. The standard InChI is InChI=1S/C89H174O17P2/c1-7-10-12-14-16-18-20-22-24-26-27-28-29-30-36-40-44-48-56-62-68-74-88(93)105-84(77-99-86(91)71-65-59-53-46-42-38-35-32-31-33-37-41-45-51-57-63-69-81(4)5)79-103-107(95,96)101-75-83(90)76-102-108(97,98)104-80-85(78-100-87(92)72-66-60-54-50-49-52-58-64-70-82(6)9-3)106-89(94)73-67-61-55-47-43-39-34-25-23-21-19-17-15-13-11-8-2/h81-85,90H,7-80H2,1-6H3,(H,95,96)(H,97,98)/t82?,83-,84-,85-/m1/s1. The van der Waals surface area contributed by atoms with Crippen LogP contribution >= 0.6 is 15.6 Å². The zero-order chi connectivity index (χ0) is 79.2. The summed E-state index contributed by atoms with van der Waals surface area (Å²) in [5, 5.41) is 10.7. The molecule has 19 heteroatoms. The summed E-state index contributed by atoms with van der Waals surface area (Å²) in [6.07, 6.45) is 73.6. The SMILES string of the molecule is CCCCCCCCCCCCCCCCCCCCCCCC(=O)O[C@H](COC(=O)CCCCCCCCCCCCCCCCCCC(C)C)COP(=O)(O)OC[C@@H](O)COP(=O)(O)OC[C@@H](COC(=O)CCCCCCCCCCC(C)CC)OC(=O)CCCCCCCCCCCCCCCCCC. The summed E-state index contributed by atoms with van der Waals surface area (Å²) in [5.74, 6) is -0.508. The van der Waals surface area contributed by atoms with Crippen LogP contribution in [-0.4, -0.2) is 96.7 Å². The summed E-state index contributed by atoms with van der Waals surface area (Å²) in [5.41, 5.74) is 0. The van der Waals surface area contributed by atoms with Gasteiger partial charge in [-0.3, -0.25) is 37.3 Å². The number of phosphoric acid groups is 2. The number of aliphatic hydroxyl groups is 1. The van der Waals surface area contributed by atoms with E-state index in [2.05, 4.69) is 41.5 Å². The van der Waals surface area contributed by atoms with Gasteiger partial charge in [0.15, 0.2) is 12.2 Å². The van der Waals surface area contributed by atoms with Gasteiger partial charge in [0.2, 0.25) is 0 Å². The minimum atomic E-state index is -4.97. The lowest BCUT2D eigenvalue weighted by molar-refractivity contribution is -0.161. The lowest BCUT2D eigenvalue weighted by atomic mass is 9.99. The molecule has 642 valence electrons. The van der Waals surface area contributed by atoms with Crippen molar-refractivity contribution in [3.8, 4) is 0 Å². The molecule has 3 unspecified atom stereocenters. The first-order chi connectivity index (χ1) is 52.4. The van der Waals surface area contributed by atoms with Crippen LogP contribution in [0.4, 0.5) is 0 Å². The summed E-state index contributed by atoms with van der Waals surface area (Å²) in [4.78, 5) is 73.4. The van der Waals surface area contributed by atoms with Crippen molar-refractivity contribution in [2.45, 2.75) is 496 Å². The maximum Gasteiger partial charge on any atom is 0.472 e. The number of phosphoric ester groups is 2. The van der Waals surface area contributed by atoms with Gasteiger partial charge in [0.25, 0.3) is 0 Å². The fraction of sp³-hybridized carbons (Fsp3) is 0.955. The molecule has 6 atom stereocenters. The molecule has 0 aromatic heterocycles. The van der Waals surface area contributed by atoms with Gasteiger partial charge in [0.05, 0.1) is 26.4 Å². The molecule has 0 amide bonds. The molecule has 0 radical (unpaired) electrons. The Labute approximate surface area is 664 Å². The number of rotatable bonds is 88. The van der Waals surface area contributed by atoms with Gasteiger partial charge in [-0.15, -0.1) is 0 Å². The third kappa shape index (κ3) is 80.7. The second-order valence-electron chi connectivity index (χ2n) is 32.7. The van der Waals surface area contributed by atoms with E-state index in [0.29, 0.717) is 25.7 Å². The lowest BCUT2D eigenvalue weighted by Gasteiger charge is -2.21. The third-order valence-electron chi connectivity index (χ3n) is 21.3. The van der Waals surface area contributed by atoms with Gasteiger partial charge in [0.1, 0.15) is 19.3 Å². The molecule has 108 heavy (non-hydrogen) atoms. The minimum absolute atomic E-state index is 0.108. The number of carbonyl (C=O) groups excluding carboxylic acids is 4. The van der Waals surface area contributed by atoms with E-state index in [0.717, 1.165) is 102 Å². The molecular weight excluding hydrogens is 1400 g/mol. The molecule has 0 aliphatic rings. The van der Waals surface area contributed by atoms with Gasteiger partial charge in [-0.1, -0.05) is 427 Å². The van der Waals surface area contributed by atoms with Crippen molar-refractivity contribution in [1.29, 1.82) is 0 Å². The highest BCUT2D eigenvalue weighted by Crippen LogP contribution is 2.45. The van der Waals surface area contributed by atoms with Crippen LogP contribution in [0.1, 0.15) is 478 Å². The van der Waals surface area contributed by atoms with E-state index in [1.54, 1.807) is 0 Å². The molecule has 0 spiro atoms. The Hall–Kier alpha value is -1.94. The van der Waals surface area contributed by atoms with Crippen molar-refractivity contribution in [3.05, 3.63) is 0 Å². The van der Waals surface area contributed by atoms with Crippen LogP contribution in [0.5, 0.6) is 0 Å². The van der Waals surface area contributed by atoms with E-state index in [1.807, 2.05) is 0 Å². The average Bonchev–Trinajstić information content (AvgIpc) is 0.898. The van der Waals surface area contributed by atoms with Crippen LogP contribution in [0.25, 0.3) is 0 Å².